The minimum absolute atomic E-state index is 0.137. The van der Waals surface area contributed by atoms with Crippen molar-refractivity contribution in [3.05, 3.63) is 59.2 Å². The molecule has 2 aromatic rings. The van der Waals surface area contributed by atoms with Crippen LogP contribution < -0.4 is 20.9 Å². The van der Waals surface area contributed by atoms with Gasteiger partial charge in [-0.15, -0.1) is 5.10 Å². The third-order valence-corrected chi connectivity index (χ3v) is 3.02. The second-order valence-corrected chi connectivity index (χ2v) is 4.94. The van der Waals surface area contributed by atoms with Gasteiger partial charge in [0.25, 0.3) is 0 Å². The first-order valence-corrected chi connectivity index (χ1v) is 7.08. The van der Waals surface area contributed by atoms with Gasteiger partial charge in [0, 0.05) is 0 Å². The van der Waals surface area contributed by atoms with E-state index in [1.807, 2.05) is 13.0 Å². The molecule has 0 unspecified atom stereocenters. The molecule has 0 atom stereocenters. The highest BCUT2D eigenvalue weighted by atomic mass is 16.6. The van der Waals surface area contributed by atoms with Gasteiger partial charge >= 0.3 is 5.97 Å². The Labute approximate surface area is 139 Å². The lowest BCUT2D eigenvalue weighted by molar-refractivity contribution is 0.0729. The zero-order valence-electron chi connectivity index (χ0n) is 13.4. The molecule has 0 bridgehead atoms. The fraction of sp³-hybridized carbons (Fsp3) is 0.118. The number of hydrogen-bond acceptors (Lipinski definition) is 5. The van der Waals surface area contributed by atoms with Crippen molar-refractivity contribution >= 4 is 18.1 Å². The summed E-state index contributed by atoms with van der Waals surface area (Å²) in [4.78, 5) is 12.2. The fourth-order valence-corrected chi connectivity index (χ4v) is 1.94. The van der Waals surface area contributed by atoms with Gasteiger partial charge in [-0.3, -0.25) is 0 Å². The second-order valence-electron chi connectivity index (χ2n) is 4.94. The van der Waals surface area contributed by atoms with Crippen molar-refractivity contribution < 1.29 is 14.3 Å². The number of guanidine groups is 1. The molecular weight excluding hydrogens is 308 g/mol. The lowest BCUT2D eigenvalue weighted by Crippen LogP contribution is -2.21. The normalized spacial score (nSPS) is 10.4. The Morgan fingerprint density at radius 2 is 1.92 bits per heavy atom. The first-order chi connectivity index (χ1) is 11.5. The van der Waals surface area contributed by atoms with Crippen molar-refractivity contribution in [2.75, 3.05) is 7.11 Å². The molecule has 7 nitrogen and oxygen atoms in total. The minimum Gasteiger partial charge on any atom is -0.493 e. The number of benzene rings is 2. The van der Waals surface area contributed by atoms with Gasteiger partial charge in [-0.2, -0.15) is 5.10 Å². The van der Waals surface area contributed by atoms with E-state index in [9.17, 15) is 4.79 Å². The number of hydrogen-bond donors (Lipinski definition) is 2. The van der Waals surface area contributed by atoms with E-state index in [1.54, 1.807) is 36.4 Å². The molecule has 4 N–H and O–H groups in total. The molecule has 0 heterocycles. The van der Waals surface area contributed by atoms with Crippen LogP contribution in [-0.2, 0) is 0 Å². The van der Waals surface area contributed by atoms with Crippen LogP contribution in [0.1, 0.15) is 21.5 Å². The summed E-state index contributed by atoms with van der Waals surface area (Å²) in [7, 11) is 1.48. The number of nitrogens with two attached hydrogens (primary N) is 2. The number of esters is 1. The van der Waals surface area contributed by atoms with Gasteiger partial charge in [-0.05, 0) is 42.8 Å². The van der Waals surface area contributed by atoms with Gasteiger partial charge < -0.3 is 20.9 Å². The Morgan fingerprint density at radius 1 is 1.12 bits per heavy atom. The van der Waals surface area contributed by atoms with Gasteiger partial charge in [0.1, 0.15) is 0 Å². The summed E-state index contributed by atoms with van der Waals surface area (Å²) in [6.07, 6.45) is 1.45. The minimum atomic E-state index is -0.459. The maximum Gasteiger partial charge on any atom is 0.343 e. The third-order valence-electron chi connectivity index (χ3n) is 3.02. The van der Waals surface area contributed by atoms with E-state index in [2.05, 4.69) is 10.2 Å². The number of ether oxygens (including phenoxy) is 2. The standard InChI is InChI=1S/C17H18N4O3/c1-11-4-3-5-13(8-11)16(22)24-14-7-6-12(9-15(14)23-2)10-20-21-17(18)19/h3-10H,1-2H3,(H4,18,19,21)/b20-10-. The molecule has 0 saturated heterocycles. The van der Waals surface area contributed by atoms with Crippen molar-refractivity contribution in [3.8, 4) is 11.5 Å². The topological polar surface area (TPSA) is 112 Å². The first-order valence-electron chi connectivity index (χ1n) is 7.08. The molecule has 0 fully saturated rings. The van der Waals surface area contributed by atoms with Crippen molar-refractivity contribution in [1.29, 1.82) is 0 Å². The SMILES string of the molecule is COc1cc(/C=N\N=C(N)N)ccc1OC(=O)c1cccc(C)c1. The Hall–Kier alpha value is -3.35. The van der Waals surface area contributed by atoms with Crippen LogP contribution in [-0.4, -0.2) is 25.3 Å². The lowest BCUT2D eigenvalue weighted by Gasteiger charge is -2.10. The molecule has 0 aliphatic rings. The van der Waals surface area contributed by atoms with Crippen molar-refractivity contribution in [2.24, 2.45) is 21.7 Å². The third kappa shape index (κ3) is 4.57. The maximum absolute atomic E-state index is 12.2. The van der Waals surface area contributed by atoms with E-state index >= 15 is 0 Å². The van der Waals surface area contributed by atoms with E-state index in [0.29, 0.717) is 22.6 Å². The van der Waals surface area contributed by atoms with Gasteiger partial charge in [-0.1, -0.05) is 17.7 Å². The van der Waals surface area contributed by atoms with Crippen LogP contribution in [0, 0.1) is 6.92 Å². The van der Waals surface area contributed by atoms with Crippen LogP contribution in [0.25, 0.3) is 0 Å². The molecule has 0 aromatic heterocycles. The lowest BCUT2D eigenvalue weighted by atomic mass is 10.1. The molecule has 0 aliphatic heterocycles. The van der Waals surface area contributed by atoms with Crippen LogP contribution in [0.5, 0.6) is 11.5 Å². The molecule has 0 saturated carbocycles. The monoisotopic (exact) mass is 326 g/mol. The molecule has 0 amide bonds. The second kappa shape index (κ2) is 7.77. The number of carbonyl (C=O) groups is 1. The quantitative estimate of drug-likeness (QED) is 0.286. The van der Waals surface area contributed by atoms with Crippen LogP contribution in [0.3, 0.4) is 0 Å². The molecule has 0 spiro atoms. The van der Waals surface area contributed by atoms with E-state index in [0.717, 1.165) is 5.56 Å². The Kier molecular flexibility index (Phi) is 5.51. The highest BCUT2D eigenvalue weighted by molar-refractivity contribution is 5.91. The molecule has 7 heteroatoms. The predicted molar refractivity (Wildman–Crippen MR) is 92.5 cm³/mol. The zero-order chi connectivity index (χ0) is 17.5. The smallest absolute Gasteiger partial charge is 0.343 e. The highest BCUT2D eigenvalue weighted by Crippen LogP contribution is 2.28. The van der Waals surface area contributed by atoms with E-state index in [-0.39, 0.29) is 5.96 Å². The van der Waals surface area contributed by atoms with Gasteiger partial charge in [-0.25, -0.2) is 4.79 Å². The highest BCUT2D eigenvalue weighted by Gasteiger charge is 2.12. The van der Waals surface area contributed by atoms with Crippen LogP contribution in [0.4, 0.5) is 0 Å². The largest absolute Gasteiger partial charge is 0.493 e. The number of methoxy groups -OCH3 is 1. The van der Waals surface area contributed by atoms with Gasteiger partial charge in [0.15, 0.2) is 11.5 Å². The van der Waals surface area contributed by atoms with E-state index < -0.39 is 5.97 Å². The van der Waals surface area contributed by atoms with Gasteiger partial charge in [0.2, 0.25) is 5.96 Å². The molecule has 24 heavy (non-hydrogen) atoms. The van der Waals surface area contributed by atoms with E-state index in [1.165, 1.54) is 13.3 Å². The number of carbonyl (C=O) groups excluding carboxylic acids is 1. The zero-order valence-corrected chi connectivity index (χ0v) is 13.4. The molecule has 2 aromatic carbocycles. The summed E-state index contributed by atoms with van der Waals surface area (Å²) < 4.78 is 10.6. The summed E-state index contributed by atoms with van der Waals surface area (Å²) in [6.45, 7) is 1.90. The summed E-state index contributed by atoms with van der Waals surface area (Å²) in [6, 6.07) is 12.1. The summed E-state index contributed by atoms with van der Waals surface area (Å²) >= 11 is 0. The average molecular weight is 326 g/mol. The van der Waals surface area contributed by atoms with E-state index in [4.69, 9.17) is 20.9 Å². The van der Waals surface area contributed by atoms with Crippen LogP contribution >= 0.6 is 0 Å². The van der Waals surface area contributed by atoms with Crippen molar-refractivity contribution in [1.82, 2.24) is 0 Å². The molecular formula is C17H18N4O3. The number of aryl methyl sites for hydroxylation is 1. The fourth-order valence-electron chi connectivity index (χ4n) is 1.94. The van der Waals surface area contributed by atoms with Crippen molar-refractivity contribution in [3.63, 3.8) is 0 Å². The molecule has 0 radical (unpaired) electrons. The average Bonchev–Trinajstić information content (AvgIpc) is 2.55. The Balaban J connectivity index is 2.20. The molecule has 0 aliphatic carbocycles. The number of nitrogens with zero attached hydrogens (tertiary/aromatic N) is 2. The Bertz CT molecular complexity index is 796. The summed E-state index contributed by atoms with van der Waals surface area (Å²) in [5.41, 5.74) is 12.5. The van der Waals surface area contributed by atoms with Gasteiger partial charge in [0.05, 0.1) is 18.9 Å². The molecule has 124 valence electrons. The van der Waals surface area contributed by atoms with Crippen molar-refractivity contribution in [2.45, 2.75) is 6.92 Å². The Morgan fingerprint density at radius 3 is 2.58 bits per heavy atom. The number of rotatable bonds is 5. The first kappa shape index (κ1) is 17.0. The summed E-state index contributed by atoms with van der Waals surface area (Å²) in [5.74, 6) is 0.105. The maximum atomic E-state index is 12.2. The van der Waals surface area contributed by atoms with Crippen LogP contribution in [0.15, 0.2) is 52.7 Å². The van der Waals surface area contributed by atoms with Crippen LogP contribution in [0.2, 0.25) is 0 Å². The summed E-state index contributed by atoms with van der Waals surface area (Å²) in [5, 5.41) is 7.22. The molecule has 2 rings (SSSR count). The predicted octanol–water partition coefficient (Wildman–Crippen LogP) is 1.83.